The van der Waals surface area contributed by atoms with Crippen LogP contribution in [0.1, 0.15) is 39.0 Å². The number of rotatable bonds is 4. The molecule has 82 valence electrons. The monoisotopic (exact) mass is 214 g/mol. The highest BCUT2D eigenvalue weighted by Gasteiger charge is 2.15. The molecule has 1 atom stereocenters. The van der Waals surface area contributed by atoms with Crippen molar-refractivity contribution in [2.24, 2.45) is 11.7 Å². The molecule has 2 nitrogen and oxygen atoms in total. The molecule has 1 heterocycles. The van der Waals surface area contributed by atoms with Crippen LogP contribution in [0.15, 0.2) is 0 Å². The van der Waals surface area contributed by atoms with E-state index in [0.29, 0.717) is 4.99 Å². The van der Waals surface area contributed by atoms with Gasteiger partial charge in [-0.1, -0.05) is 25.6 Å². The molecule has 0 saturated carbocycles. The second-order valence-electron chi connectivity index (χ2n) is 4.26. The van der Waals surface area contributed by atoms with E-state index in [1.165, 1.54) is 38.8 Å². The van der Waals surface area contributed by atoms with Crippen LogP contribution in [0.4, 0.5) is 0 Å². The third kappa shape index (κ3) is 4.38. The van der Waals surface area contributed by atoms with E-state index in [4.69, 9.17) is 18.0 Å². The molecule has 0 amide bonds. The average Bonchev–Trinajstić information content (AvgIpc) is 2.39. The first-order chi connectivity index (χ1) is 6.72. The van der Waals surface area contributed by atoms with Crippen LogP contribution in [0.3, 0.4) is 0 Å². The molecular formula is C11H22N2S. The fourth-order valence-electron chi connectivity index (χ4n) is 2.13. The Hall–Kier alpha value is -0.150. The van der Waals surface area contributed by atoms with E-state index >= 15 is 0 Å². The van der Waals surface area contributed by atoms with Gasteiger partial charge in [0.15, 0.2) is 0 Å². The molecule has 0 aromatic rings. The Morgan fingerprint density at radius 1 is 1.43 bits per heavy atom. The summed E-state index contributed by atoms with van der Waals surface area (Å²) < 4.78 is 0. The second kappa shape index (κ2) is 6.36. The van der Waals surface area contributed by atoms with Crippen LogP contribution in [-0.4, -0.2) is 29.5 Å². The van der Waals surface area contributed by atoms with Crippen molar-refractivity contribution in [2.75, 3.05) is 19.6 Å². The van der Waals surface area contributed by atoms with Gasteiger partial charge in [0.2, 0.25) is 0 Å². The minimum absolute atomic E-state index is 0.654. The third-order valence-electron chi connectivity index (χ3n) is 3.19. The fraction of sp³-hybridized carbons (Fsp3) is 0.909. The highest BCUT2D eigenvalue weighted by molar-refractivity contribution is 7.80. The van der Waals surface area contributed by atoms with Crippen LogP contribution in [-0.2, 0) is 0 Å². The molecule has 14 heavy (non-hydrogen) atoms. The van der Waals surface area contributed by atoms with Gasteiger partial charge >= 0.3 is 0 Å². The standard InChI is InChI=1S/C11H22N2S/c1-2-10-4-3-7-13(8-5-10)9-6-11(12)14/h10H,2-9H2,1H3,(H2,12,14). The molecule has 1 fully saturated rings. The van der Waals surface area contributed by atoms with Crippen LogP contribution in [0, 0.1) is 5.92 Å². The lowest BCUT2D eigenvalue weighted by atomic mass is 9.98. The first-order valence-corrected chi connectivity index (χ1v) is 6.14. The van der Waals surface area contributed by atoms with Gasteiger partial charge < -0.3 is 10.6 Å². The Morgan fingerprint density at radius 3 is 2.86 bits per heavy atom. The Balaban J connectivity index is 2.23. The normalized spacial score (nSPS) is 24.5. The van der Waals surface area contributed by atoms with Crippen molar-refractivity contribution >= 4 is 17.2 Å². The summed E-state index contributed by atoms with van der Waals surface area (Å²) in [7, 11) is 0. The van der Waals surface area contributed by atoms with E-state index in [1.807, 2.05) is 0 Å². The maximum absolute atomic E-state index is 5.51. The predicted octanol–water partition coefficient (Wildman–Crippen LogP) is 2.17. The zero-order valence-corrected chi connectivity index (χ0v) is 9.98. The van der Waals surface area contributed by atoms with Gasteiger partial charge in [-0.15, -0.1) is 0 Å². The van der Waals surface area contributed by atoms with Crippen LogP contribution >= 0.6 is 12.2 Å². The van der Waals surface area contributed by atoms with E-state index in [1.54, 1.807) is 0 Å². The van der Waals surface area contributed by atoms with Crippen molar-refractivity contribution in [3.63, 3.8) is 0 Å². The van der Waals surface area contributed by atoms with Gasteiger partial charge in [0.25, 0.3) is 0 Å². The fourth-order valence-corrected chi connectivity index (χ4v) is 2.22. The molecule has 1 saturated heterocycles. The molecule has 1 unspecified atom stereocenters. The van der Waals surface area contributed by atoms with Gasteiger partial charge in [0.1, 0.15) is 0 Å². The van der Waals surface area contributed by atoms with Crippen molar-refractivity contribution < 1.29 is 0 Å². The molecule has 3 heteroatoms. The first kappa shape index (κ1) is 11.9. The van der Waals surface area contributed by atoms with Crippen molar-refractivity contribution in [1.82, 2.24) is 4.90 Å². The predicted molar refractivity (Wildman–Crippen MR) is 65.5 cm³/mol. The number of hydrogen-bond donors (Lipinski definition) is 1. The Labute approximate surface area is 92.8 Å². The average molecular weight is 214 g/mol. The molecule has 1 aliphatic heterocycles. The number of nitrogens with two attached hydrogens (primary N) is 1. The third-order valence-corrected chi connectivity index (χ3v) is 3.40. The minimum atomic E-state index is 0.654. The van der Waals surface area contributed by atoms with Crippen molar-refractivity contribution in [3.05, 3.63) is 0 Å². The minimum Gasteiger partial charge on any atom is -0.393 e. The van der Waals surface area contributed by atoms with Gasteiger partial charge in [0.05, 0.1) is 4.99 Å². The molecule has 0 spiro atoms. The van der Waals surface area contributed by atoms with Gasteiger partial charge in [-0.05, 0) is 38.3 Å². The highest BCUT2D eigenvalue weighted by Crippen LogP contribution is 2.20. The lowest BCUT2D eigenvalue weighted by molar-refractivity contribution is 0.288. The molecule has 0 aromatic carbocycles. The molecule has 0 bridgehead atoms. The van der Waals surface area contributed by atoms with E-state index in [2.05, 4.69) is 11.8 Å². The smallest absolute Gasteiger partial charge is 0.0740 e. The van der Waals surface area contributed by atoms with E-state index in [-0.39, 0.29) is 0 Å². The van der Waals surface area contributed by atoms with Crippen LogP contribution < -0.4 is 5.73 Å². The SMILES string of the molecule is CCC1CCCN(CCC(N)=S)CC1. The molecular weight excluding hydrogens is 192 g/mol. The topological polar surface area (TPSA) is 29.3 Å². The quantitative estimate of drug-likeness (QED) is 0.727. The van der Waals surface area contributed by atoms with Crippen molar-refractivity contribution in [1.29, 1.82) is 0 Å². The number of hydrogen-bond acceptors (Lipinski definition) is 2. The summed E-state index contributed by atoms with van der Waals surface area (Å²) in [6.45, 7) is 5.83. The van der Waals surface area contributed by atoms with Crippen molar-refractivity contribution in [3.8, 4) is 0 Å². The summed E-state index contributed by atoms with van der Waals surface area (Å²) >= 11 is 4.89. The zero-order valence-electron chi connectivity index (χ0n) is 9.17. The highest BCUT2D eigenvalue weighted by atomic mass is 32.1. The summed E-state index contributed by atoms with van der Waals surface area (Å²) in [6.07, 6.45) is 6.32. The molecule has 1 rings (SSSR count). The summed E-state index contributed by atoms with van der Waals surface area (Å²) in [5, 5.41) is 0. The summed E-state index contributed by atoms with van der Waals surface area (Å²) in [6, 6.07) is 0. The summed E-state index contributed by atoms with van der Waals surface area (Å²) in [5.41, 5.74) is 5.51. The van der Waals surface area contributed by atoms with E-state index < -0.39 is 0 Å². The Kier molecular flexibility index (Phi) is 5.41. The molecule has 0 aromatic heterocycles. The maximum Gasteiger partial charge on any atom is 0.0740 e. The molecule has 0 radical (unpaired) electrons. The van der Waals surface area contributed by atoms with Crippen LogP contribution in [0.5, 0.6) is 0 Å². The van der Waals surface area contributed by atoms with Gasteiger partial charge in [-0.25, -0.2) is 0 Å². The zero-order chi connectivity index (χ0) is 10.4. The van der Waals surface area contributed by atoms with Crippen LogP contribution in [0.25, 0.3) is 0 Å². The molecule has 0 aliphatic carbocycles. The first-order valence-electron chi connectivity index (χ1n) is 5.73. The number of nitrogens with zero attached hydrogens (tertiary/aromatic N) is 1. The maximum atomic E-state index is 5.51. The summed E-state index contributed by atoms with van der Waals surface area (Å²) in [4.78, 5) is 3.16. The number of likely N-dealkylation sites (tertiary alicyclic amines) is 1. The van der Waals surface area contributed by atoms with E-state index in [9.17, 15) is 0 Å². The lowest BCUT2D eigenvalue weighted by Gasteiger charge is -2.19. The van der Waals surface area contributed by atoms with Crippen molar-refractivity contribution in [2.45, 2.75) is 39.0 Å². The summed E-state index contributed by atoms with van der Waals surface area (Å²) in [5.74, 6) is 0.949. The second-order valence-corrected chi connectivity index (χ2v) is 4.79. The molecule has 1 aliphatic rings. The lowest BCUT2D eigenvalue weighted by Crippen LogP contribution is -2.28. The Morgan fingerprint density at radius 2 is 2.21 bits per heavy atom. The van der Waals surface area contributed by atoms with Gasteiger partial charge in [-0.3, -0.25) is 0 Å². The van der Waals surface area contributed by atoms with E-state index in [0.717, 1.165) is 18.9 Å². The van der Waals surface area contributed by atoms with Gasteiger partial charge in [-0.2, -0.15) is 0 Å². The molecule has 2 N–H and O–H groups in total. The Bertz CT molecular complexity index is 182. The van der Waals surface area contributed by atoms with Crippen LogP contribution in [0.2, 0.25) is 0 Å². The number of thiocarbonyl (C=S) groups is 1. The van der Waals surface area contributed by atoms with Gasteiger partial charge in [0, 0.05) is 13.0 Å². The largest absolute Gasteiger partial charge is 0.393 e.